The molecule has 10 aliphatic rings. The number of nitrogens with one attached hydrogen (secondary N) is 6. The number of hydrogen-bond acceptors (Lipinski definition) is 20. The number of nitrogens with two attached hydrogens (primary N) is 1. The Bertz CT molecular complexity index is 4140. The molecule has 111 heavy (non-hydrogen) atoms. The SMILES string of the molecule is CCOC(OCC)C(Br)CC.CC[C@@H]1C[C@]1(NC(=O)[C@@H]1C[C@@H](OC(=O)N2Cc3cccc(Cl)c3C2)CN1C(=O)[C@@H](NC(N)=S)C1CCCCC1)C(=O)NS(=O)(=O)C1CC1.CCc1cnc(N[C@H](C(=O)N2C[C@H](OC(=O)N3Cc4cccc(Cl)c4C3)C[C@H]2C(=O)N[C@]2(C(=O)NS(=O)(=O)C3CC3)C[C@H]2CC)C2CCCCC2)s1. The van der Waals surface area contributed by atoms with Crippen LogP contribution in [0.15, 0.2) is 42.6 Å². The molecule has 5 heterocycles. The molecule has 4 aliphatic heterocycles. The molecule has 11 atom stereocenters. The van der Waals surface area contributed by atoms with Gasteiger partial charge in [0.05, 0.1) is 41.5 Å². The minimum absolute atomic E-state index is 0.00560. The van der Waals surface area contributed by atoms with Crippen molar-refractivity contribution < 1.29 is 74.1 Å². The largest absolute Gasteiger partial charge is 0.444 e. The Kier molecular flexibility index (Phi) is 28.7. The summed E-state index contributed by atoms with van der Waals surface area (Å²) in [5.41, 5.74) is 6.59. The fourth-order valence-electron chi connectivity index (χ4n) is 16.5. The normalized spacial score (nSPS) is 25.6. The Hall–Kier alpha value is -6.20. The van der Waals surface area contributed by atoms with E-state index in [1.54, 1.807) is 23.2 Å². The molecule has 8 N–H and O–H groups in total. The predicted molar refractivity (Wildman–Crippen MR) is 427 cm³/mol. The van der Waals surface area contributed by atoms with Crippen molar-refractivity contribution in [2.24, 2.45) is 29.4 Å². The number of rotatable bonds is 28. The summed E-state index contributed by atoms with van der Waals surface area (Å²) in [7, 11) is -7.69. The lowest BCUT2D eigenvalue weighted by Crippen LogP contribution is -2.59. The second-order valence-corrected chi connectivity index (χ2v) is 38.4. The molecule has 1 unspecified atom stereocenters. The molecule has 612 valence electrons. The van der Waals surface area contributed by atoms with Gasteiger partial charge in [-0.25, -0.2) is 31.4 Å². The standard InChI is InChI=1S/C36H47ClN6O7S2.C32H43ClN6O7S2.C8H17BrO2/c1-3-23-16-36(23,33(46)41-52(48,49)26-13-14-26)40-31(44)29-15-24(50-35(47)42-18-22-11-8-12-28(37)27(22)20-42)19-43(29)32(45)30(21-9-6-5-7-10-21)39-34-38-17-25(4-2)51-34;1-2-20-14-32(20,29(42)37-48(44,45)22-11-12-22)36-27(40)25-13-21(46-31(43)38-15-19-9-6-10-24(33)23(19)17-38)16-39(25)28(41)26(35-30(34)47)18-7-4-3-5-8-18;1-4-7(9)8(10-5-2)11-6-3/h8,11-12,17,21,23-24,26,29-30H,3-7,9-10,13-16,18-20H2,1-2H3,(H,38,39)(H,40,44)(H,41,46);6,9-10,18,20-22,25-26H,2-5,7-8,11-17H2,1H3,(H,36,40)(H,37,42)(H3,34,35,47);7-8H,4-6H2,1-3H3/t23-,24-,29+,30+,36-;20-,21-,25+,26+,32-;/m11./s1. The fraction of sp³-hybridized carbons (Fsp3) is 0.684. The number of thiocarbonyl (C=S) groups is 1. The molecule has 13 rings (SSSR count). The first-order valence-corrected chi connectivity index (χ1v) is 45.4. The van der Waals surface area contributed by atoms with Crippen molar-refractivity contribution in [1.82, 2.24) is 50.0 Å². The number of benzene rings is 2. The number of aryl methyl sites for hydroxylation is 1. The van der Waals surface area contributed by atoms with E-state index in [9.17, 15) is 55.2 Å². The van der Waals surface area contributed by atoms with Gasteiger partial charge in [0.1, 0.15) is 47.5 Å². The lowest BCUT2D eigenvalue weighted by atomic mass is 9.83. The number of aromatic nitrogens is 1. The van der Waals surface area contributed by atoms with Gasteiger partial charge >= 0.3 is 12.2 Å². The van der Waals surface area contributed by atoms with Crippen LogP contribution in [-0.4, -0.2) is 190 Å². The van der Waals surface area contributed by atoms with Crippen LogP contribution in [0.5, 0.6) is 0 Å². The first-order valence-electron chi connectivity index (χ1n) is 39.5. The van der Waals surface area contributed by atoms with E-state index in [-0.39, 0.29) is 92.8 Å². The summed E-state index contributed by atoms with van der Waals surface area (Å²) in [4.78, 5) is 123. The minimum atomic E-state index is -3.85. The summed E-state index contributed by atoms with van der Waals surface area (Å²) in [5.74, 6) is -3.99. The van der Waals surface area contributed by atoms with Gasteiger partial charge in [0, 0.05) is 60.3 Å². The summed E-state index contributed by atoms with van der Waals surface area (Å²) in [5, 5.41) is 12.6. The van der Waals surface area contributed by atoms with E-state index in [4.69, 9.17) is 60.1 Å². The number of hydrogen-bond donors (Lipinski definition) is 7. The van der Waals surface area contributed by atoms with Gasteiger partial charge in [-0.2, -0.15) is 0 Å². The third-order valence-corrected chi connectivity index (χ3v) is 29.9. The molecule has 0 bridgehead atoms. The van der Waals surface area contributed by atoms with E-state index in [1.807, 2.05) is 58.9 Å². The van der Waals surface area contributed by atoms with Crippen LogP contribution in [0.25, 0.3) is 0 Å². The monoisotopic (exact) mass is 1720 g/mol. The van der Waals surface area contributed by atoms with Crippen LogP contribution >= 0.6 is 62.7 Å². The number of nitrogens with zero attached hydrogens (tertiary/aromatic N) is 5. The maximum atomic E-state index is 14.8. The number of amides is 8. The number of ether oxygens (including phenoxy) is 4. The summed E-state index contributed by atoms with van der Waals surface area (Å²) < 4.78 is 77.8. The highest BCUT2D eigenvalue weighted by Crippen LogP contribution is 2.49. The highest BCUT2D eigenvalue weighted by Gasteiger charge is 2.64. The van der Waals surface area contributed by atoms with Crippen molar-refractivity contribution in [1.29, 1.82) is 0 Å². The molecule has 35 heteroatoms. The summed E-state index contributed by atoms with van der Waals surface area (Å²) >= 11 is 22.9. The number of carbonyl (C=O) groups is 8. The van der Waals surface area contributed by atoms with Crippen LogP contribution in [-0.2, 0) is 100 Å². The summed E-state index contributed by atoms with van der Waals surface area (Å²) in [6.45, 7) is 14.4. The van der Waals surface area contributed by atoms with Crippen molar-refractivity contribution >= 4 is 141 Å². The summed E-state index contributed by atoms with van der Waals surface area (Å²) in [6.07, 6.45) is 13.6. The zero-order valence-corrected chi connectivity index (χ0v) is 70.3. The Balaban J connectivity index is 0.000000194. The van der Waals surface area contributed by atoms with E-state index in [0.717, 1.165) is 104 Å². The number of halogens is 3. The average Bonchev–Trinajstić information content (AvgIpc) is 1.58. The molecular formula is C76H107BrCl2N12O16S4. The fourth-order valence-corrected chi connectivity index (χ4v) is 20.9. The highest BCUT2D eigenvalue weighted by atomic mass is 79.9. The Morgan fingerprint density at radius 3 is 1.43 bits per heavy atom. The van der Waals surface area contributed by atoms with Crippen LogP contribution in [0.1, 0.15) is 204 Å². The zero-order chi connectivity index (χ0) is 79.9. The van der Waals surface area contributed by atoms with Crippen LogP contribution in [0.3, 0.4) is 0 Å². The number of likely N-dealkylation sites (tertiary alicyclic amines) is 2. The van der Waals surface area contributed by atoms with Crippen molar-refractivity contribution in [3.63, 3.8) is 0 Å². The topological polar surface area (TPSA) is 366 Å². The van der Waals surface area contributed by atoms with Crippen LogP contribution < -0.4 is 36.4 Å². The summed E-state index contributed by atoms with van der Waals surface area (Å²) in [6, 6.07) is 7.41. The Labute approximate surface area is 678 Å². The molecule has 6 aliphatic carbocycles. The third-order valence-electron chi connectivity index (χ3n) is 23.3. The molecule has 6 saturated carbocycles. The van der Waals surface area contributed by atoms with Crippen molar-refractivity contribution in [3.8, 4) is 0 Å². The van der Waals surface area contributed by atoms with Crippen LogP contribution in [0.2, 0.25) is 10.0 Å². The molecule has 8 fully saturated rings. The van der Waals surface area contributed by atoms with Gasteiger partial charge in [0.15, 0.2) is 16.5 Å². The molecule has 28 nitrogen and oxygen atoms in total. The molecule has 2 saturated heterocycles. The van der Waals surface area contributed by atoms with Crippen LogP contribution in [0.4, 0.5) is 14.7 Å². The molecule has 2 aromatic carbocycles. The van der Waals surface area contributed by atoms with Crippen molar-refractivity contribution in [2.75, 3.05) is 31.6 Å². The number of sulfonamides is 2. The molecule has 0 radical (unpaired) electrons. The first-order chi connectivity index (χ1) is 53.0. The number of thiazole rings is 1. The quantitative estimate of drug-likeness (QED) is 0.0202. The van der Waals surface area contributed by atoms with E-state index in [0.29, 0.717) is 84.8 Å². The van der Waals surface area contributed by atoms with Gasteiger partial charge in [0.2, 0.25) is 43.7 Å². The van der Waals surface area contributed by atoms with Gasteiger partial charge in [-0.1, -0.05) is 142 Å². The first kappa shape index (κ1) is 85.7. The van der Waals surface area contributed by atoms with E-state index >= 15 is 0 Å². The molecule has 8 amide bonds. The Morgan fingerprint density at radius 2 is 1.06 bits per heavy atom. The molecule has 0 spiro atoms. The number of anilines is 1. The zero-order valence-electron chi connectivity index (χ0n) is 63.9. The molecule has 1 aromatic heterocycles. The molecular weight excluding hydrogens is 1620 g/mol. The van der Waals surface area contributed by atoms with Gasteiger partial charge in [-0.3, -0.25) is 48.0 Å². The van der Waals surface area contributed by atoms with Gasteiger partial charge < -0.3 is 55.7 Å². The molecule has 3 aromatic rings. The second-order valence-electron chi connectivity index (χ2n) is 30.9. The maximum Gasteiger partial charge on any atom is 0.410 e. The Morgan fingerprint density at radius 1 is 0.631 bits per heavy atom. The number of fused-ring (bicyclic) bond motifs is 2. The lowest BCUT2D eigenvalue weighted by molar-refractivity contribution is -0.142. The van der Waals surface area contributed by atoms with Gasteiger partial charge in [-0.15, -0.1) is 11.3 Å². The number of carbonyl (C=O) groups excluding carboxylic acids is 8. The average molecular weight is 1720 g/mol. The predicted octanol–water partition coefficient (Wildman–Crippen LogP) is 9.73. The third kappa shape index (κ3) is 20.5. The number of alkyl halides is 1. The lowest BCUT2D eigenvalue weighted by Gasteiger charge is -2.35. The highest BCUT2D eigenvalue weighted by molar-refractivity contribution is 9.09. The van der Waals surface area contributed by atoms with E-state index in [2.05, 4.69) is 58.5 Å². The van der Waals surface area contributed by atoms with Crippen LogP contribution in [0, 0.1) is 23.7 Å². The maximum absolute atomic E-state index is 14.8. The minimum Gasteiger partial charge on any atom is -0.444 e. The van der Waals surface area contributed by atoms with E-state index < -0.39 is 120 Å². The van der Waals surface area contributed by atoms with Gasteiger partial charge in [0.25, 0.3) is 11.8 Å². The second kappa shape index (κ2) is 37.2. The van der Waals surface area contributed by atoms with Crippen molar-refractivity contribution in [3.05, 3.63) is 79.8 Å². The smallest absolute Gasteiger partial charge is 0.410 e. The van der Waals surface area contributed by atoms with E-state index in [1.165, 1.54) is 26.0 Å². The van der Waals surface area contributed by atoms with Gasteiger partial charge in [-0.05, 0) is 161 Å². The van der Waals surface area contributed by atoms with Crippen molar-refractivity contribution in [2.45, 2.75) is 278 Å².